The molecule has 0 saturated heterocycles. The Labute approximate surface area is 60.6 Å². The van der Waals surface area contributed by atoms with E-state index < -0.39 is 5.97 Å². The molecule has 2 nitrogen and oxygen atoms in total. The fourth-order valence-electron chi connectivity index (χ4n) is 1.20. The fourth-order valence-corrected chi connectivity index (χ4v) is 1.20. The average molecular weight is 140 g/mol. The number of carboxylic acid groups (broad SMARTS) is 1. The van der Waals surface area contributed by atoms with Crippen LogP contribution in [-0.2, 0) is 4.79 Å². The second-order valence-corrected chi connectivity index (χ2v) is 3.29. The lowest BCUT2D eigenvalue weighted by Crippen LogP contribution is -2.07. The molecule has 0 aliphatic heterocycles. The highest BCUT2D eigenvalue weighted by molar-refractivity contribution is 5.75. The van der Waals surface area contributed by atoms with Crippen molar-refractivity contribution in [3.05, 3.63) is 12.2 Å². The van der Waals surface area contributed by atoms with Crippen molar-refractivity contribution >= 4 is 5.97 Å². The van der Waals surface area contributed by atoms with Crippen LogP contribution in [0.25, 0.3) is 0 Å². The zero-order valence-electron chi connectivity index (χ0n) is 6.35. The molecular weight excluding hydrogens is 128 g/mol. The maximum atomic E-state index is 10.4. The van der Waals surface area contributed by atoms with Gasteiger partial charge in [-0.1, -0.05) is 19.1 Å². The monoisotopic (exact) mass is 140 g/mol. The molecule has 1 rings (SSSR count). The summed E-state index contributed by atoms with van der Waals surface area (Å²) in [7, 11) is 0. The highest BCUT2D eigenvalue weighted by Gasteiger charge is 2.55. The lowest BCUT2D eigenvalue weighted by Gasteiger charge is -2.06. The molecule has 0 unspecified atom stereocenters. The van der Waals surface area contributed by atoms with Gasteiger partial charge in [0.2, 0.25) is 0 Å². The molecule has 0 radical (unpaired) electrons. The summed E-state index contributed by atoms with van der Waals surface area (Å²) in [5, 5.41) is 8.60. The van der Waals surface area contributed by atoms with Crippen LogP contribution >= 0.6 is 0 Å². The molecular formula is C8H12O2. The average Bonchev–Trinajstić information content (AvgIpc) is 2.43. The summed E-state index contributed by atoms with van der Waals surface area (Å²) in [5.74, 6) is -0.865. The number of aliphatic carboxylic acids is 1. The fraction of sp³-hybridized carbons (Fsp3) is 0.625. The van der Waals surface area contributed by atoms with Crippen LogP contribution in [0.5, 0.6) is 0 Å². The number of carbonyl (C=O) groups is 1. The van der Waals surface area contributed by atoms with E-state index in [0.29, 0.717) is 0 Å². The van der Waals surface area contributed by atoms with E-state index in [0.717, 1.165) is 12.0 Å². The summed E-state index contributed by atoms with van der Waals surface area (Å²) < 4.78 is 0. The number of allylic oxidation sites excluding steroid dienone is 1. The van der Waals surface area contributed by atoms with Crippen LogP contribution in [0.15, 0.2) is 12.2 Å². The van der Waals surface area contributed by atoms with Crippen molar-refractivity contribution < 1.29 is 9.90 Å². The number of rotatable bonds is 2. The Balaban J connectivity index is 2.65. The highest BCUT2D eigenvalue weighted by atomic mass is 16.4. The molecule has 0 aromatic carbocycles. The van der Waals surface area contributed by atoms with Gasteiger partial charge in [-0.2, -0.15) is 0 Å². The van der Waals surface area contributed by atoms with Crippen LogP contribution < -0.4 is 0 Å². The molecule has 0 aromatic heterocycles. The molecule has 1 N–H and O–H groups in total. The van der Waals surface area contributed by atoms with Gasteiger partial charge in [-0.3, -0.25) is 4.79 Å². The third kappa shape index (κ3) is 0.838. The molecule has 1 aliphatic rings. The van der Waals surface area contributed by atoms with Crippen LogP contribution in [0, 0.1) is 11.3 Å². The number of hydrogen-bond acceptors (Lipinski definition) is 1. The van der Waals surface area contributed by atoms with Gasteiger partial charge in [-0.25, -0.2) is 0 Å². The molecule has 0 bridgehead atoms. The zero-order valence-corrected chi connectivity index (χ0v) is 6.35. The van der Waals surface area contributed by atoms with Crippen molar-refractivity contribution in [3.63, 3.8) is 0 Å². The molecule has 0 spiro atoms. The normalized spacial score (nSPS) is 37.2. The first-order valence-electron chi connectivity index (χ1n) is 3.37. The first-order chi connectivity index (χ1) is 4.48. The quantitative estimate of drug-likeness (QED) is 0.592. The van der Waals surface area contributed by atoms with Crippen molar-refractivity contribution in [2.75, 3.05) is 0 Å². The van der Waals surface area contributed by atoms with Gasteiger partial charge in [0.25, 0.3) is 0 Å². The van der Waals surface area contributed by atoms with E-state index in [1.54, 1.807) is 0 Å². The maximum absolute atomic E-state index is 10.4. The van der Waals surface area contributed by atoms with Crippen molar-refractivity contribution in [2.24, 2.45) is 11.3 Å². The van der Waals surface area contributed by atoms with Gasteiger partial charge in [0.1, 0.15) is 0 Å². The Bertz CT molecular complexity index is 195. The SMILES string of the molecule is C=C(C)[C@]1(C)C[C@@H]1C(=O)O. The van der Waals surface area contributed by atoms with Gasteiger partial charge in [0.15, 0.2) is 0 Å². The number of carboxylic acids is 1. The van der Waals surface area contributed by atoms with E-state index in [1.165, 1.54) is 0 Å². The maximum Gasteiger partial charge on any atom is 0.307 e. The van der Waals surface area contributed by atoms with E-state index in [-0.39, 0.29) is 11.3 Å². The highest BCUT2D eigenvalue weighted by Crippen LogP contribution is 2.56. The second kappa shape index (κ2) is 1.84. The summed E-state index contributed by atoms with van der Waals surface area (Å²) in [5.41, 5.74) is 0.881. The standard InChI is InChI=1S/C8H12O2/c1-5(2)8(3)4-6(8)7(9)10/h6H,1,4H2,2-3H3,(H,9,10)/t6-,8+/m1/s1. The van der Waals surface area contributed by atoms with Crippen LogP contribution in [0.1, 0.15) is 20.3 Å². The van der Waals surface area contributed by atoms with Crippen molar-refractivity contribution in [3.8, 4) is 0 Å². The van der Waals surface area contributed by atoms with Gasteiger partial charge in [0, 0.05) is 5.41 Å². The molecule has 56 valence electrons. The Kier molecular flexibility index (Phi) is 1.35. The largest absolute Gasteiger partial charge is 0.481 e. The minimum absolute atomic E-state index is 0.105. The third-order valence-electron chi connectivity index (χ3n) is 2.51. The summed E-state index contributed by atoms with van der Waals surface area (Å²) in [6.45, 7) is 7.60. The van der Waals surface area contributed by atoms with Crippen LogP contribution in [0.2, 0.25) is 0 Å². The molecule has 0 aromatic rings. The zero-order chi connectivity index (χ0) is 7.94. The molecule has 0 amide bonds. The van der Waals surface area contributed by atoms with Gasteiger partial charge < -0.3 is 5.11 Å². The third-order valence-corrected chi connectivity index (χ3v) is 2.51. The summed E-state index contributed by atoms with van der Waals surface area (Å²) >= 11 is 0. The van der Waals surface area contributed by atoms with Crippen molar-refractivity contribution in [1.29, 1.82) is 0 Å². The topological polar surface area (TPSA) is 37.3 Å². The molecule has 2 atom stereocenters. The van der Waals surface area contributed by atoms with Gasteiger partial charge >= 0.3 is 5.97 Å². The van der Waals surface area contributed by atoms with Crippen LogP contribution in [0.4, 0.5) is 0 Å². The lowest BCUT2D eigenvalue weighted by molar-refractivity contribution is -0.139. The van der Waals surface area contributed by atoms with Gasteiger partial charge in [-0.05, 0) is 13.3 Å². The summed E-state index contributed by atoms with van der Waals surface area (Å²) in [6, 6.07) is 0. The minimum atomic E-state index is -0.689. The second-order valence-electron chi connectivity index (χ2n) is 3.29. The molecule has 2 heteroatoms. The number of hydrogen-bond donors (Lipinski definition) is 1. The lowest BCUT2D eigenvalue weighted by atomic mass is 9.98. The predicted octanol–water partition coefficient (Wildman–Crippen LogP) is 1.67. The van der Waals surface area contributed by atoms with Gasteiger partial charge in [0.05, 0.1) is 5.92 Å². The Morgan fingerprint density at radius 2 is 2.30 bits per heavy atom. The molecule has 0 heterocycles. The molecule has 1 saturated carbocycles. The molecule has 1 aliphatic carbocycles. The van der Waals surface area contributed by atoms with E-state index >= 15 is 0 Å². The van der Waals surface area contributed by atoms with Crippen LogP contribution in [0.3, 0.4) is 0 Å². The van der Waals surface area contributed by atoms with Crippen LogP contribution in [-0.4, -0.2) is 11.1 Å². The minimum Gasteiger partial charge on any atom is -0.481 e. The summed E-state index contributed by atoms with van der Waals surface area (Å²) in [4.78, 5) is 10.4. The molecule has 1 fully saturated rings. The molecule has 10 heavy (non-hydrogen) atoms. The Morgan fingerprint density at radius 1 is 1.80 bits per heavy atom. The smallest absolute Gasteiger partial charge is 0.307 e. The van der Waals surface area contributed by atoms with E-state index in [4.69, 9.17) is 5.11 Å². The predicted molar refractivity (Wildman–Crippen MR) is 38.7 cm³/mol. The van der Waals surface area contributed by atoms with E-state index in [9.17, 15) is 4.79 Å². The van der Waals surface area contributed by atoms with Crippen molar-refractivity contribution in [1.82, 2.24) is 0 Å². The Hall–Kier alpha value is -0.790. The first-order valence-corrected chi connectivity index (χ1v) is 3.37. The van der Waals surface area contributed by atoms with E-state index in [2.05, 4.69) is 6.58 Å². The first kappa shape index (κ1) is 7.32. The van der Waals surface area contributed by atoms with Gasteiger partial charge in [-0.15, -0.1) is 0 Å². The summed E-state index contributed by atoms with van der Waals surface area (Å²) in [6.07, 6.45) is 0.762. The van der Waals surface area contributed by atoms with E-state index in [1.807, 2.05) is 13.8 Å². The van der Waals surface area contributed by atoms with Crippen molar-refractivity contribution in [2.45, 2.75) is 20.3 Å². The Morgan fingerprint density at radius 3 is 2.40 bits per heavy atom.